The first-order valence-corrected chi connectivity index (χ1v) is 18.4. The molecule has 0 spiro atoms. The fourth-order valence-corrected chi connectivity index (χ4v) is 6.11. The van der Waals surface area contributed by atoms with Crippen molar-refractivity contribution in [3.05, 3.63) is 90.0 Å². The van der Waals surface area contributed by atoms with Gasteiger partial charge in [0.05, 0.1) is 17.1 Å². The summed E-state index contributed by atoms with van der Waals surface area (Å²) in [7, 11) is 0. The minimum Gasteiger partial charge on any atom is -0.482 e. The number of ether oxygens (including phenoxy) is 1. The number of oxime groups is 1. The Labute approximate surface area is 310 Å². The second-order valence-corrected chi connectivity index (χ2v) is 13.2. The van der Waals surface area contributed by atoms with Gasteiger partial charge in [-0.1, -0.05) is 106 Å². The number of carboxylic acids is 2. The van der Waals surface area contributed by atoms with Gasteiger partial charge in [-0.05, 0) is 54.3 Å². The zero-order chi connectivity index (χ0) is 37.6. The third kappa shape index (κ3) is 10.9. The van der Waals surface area contributed by atoms with Gasteiger partial charge in [0.1, 0.15) is 11.6 Å². The molecule has 1 unspecified atom stereocenters. The van der Waals surface area contributed by atoms with Crippen LogP contribution in [0, 0.1) is 0 Å². The molecule has 11 heteroatoms. The minimum atomic E-state index is -1.06. The maximum atomic E-state index is 13.3. The molecule has 11 nitrogen and oxygen atoms in total. The normalized spacial score (nSPS) is 13.8. The second-order valence-electron chi connectivity index (χ2n) is 13.2. The number of benzene rings is 3. The molecular formula is C42H48N4O7. The number of carbonyl (C=O) groups is 3. The molecule has 5 rings (SSSR count). The monoisotopic (exact) mass is 720 g/mol. The van der Waals surface area contributed by atoms with Gasteiger partial charge in [-0.2, -0.15) is 0 Å². The Bertz CT molecular complexity index is 1870. The first-order chi connectivity index (χ1) is 25.7. The van der Waals surface area contributed by atoms with E-state index in [4.69, 9.17) is 19.7 Å². The van der Waals surface area contributed by atoms with Crippen LogP contribution in [0.15, 0.2) is 84.0 Å². The number of rotatable bonds is 20. The average Bonchev–Trinajstić information content (AvgIpc) is 3.85. The summed E-state index contributed by atoms with van der Waals surface area (Å²) in [5.41, 5.74) is 6.19. The van der Waals surface area contributed by atoms with Crippen LogP contribution in [-0.4, -0.2) is 74.4 Å². The number of hydrogen-bond acceptors (Lipinski definition) is 7. The summed E-state index contributed by atoms with van der Waals surface area (Å²) < 4.78 is 5.33. The van der Waals surface area contributed by atoms with E-state index in [0.717, 1.165) is 85.1 Å². The van der Waals surface area contributed by atoms with Gasteiger partial charge in [0.2, 0.25) is 12.0 Å². The molecule has 3 N–H and O–H groups in total. The summed E-state index contributed by atoms with van der Waals surface area (Å²) in [6, 6.07) is 22.5. The topological polar surface area (TPSA) is 154 Å². The van der Waals surface area contributed by atoms with E-state index in [2.05, 4.69) is 24.0 Å². The molecule has 0 saturated carbocycles. The van der Waals surface area contributed by atoms with Crippen molar-refractivity contribution in [2.75, 3.05) is 19.7 Å². The highest BCUT2D eigenvalue weighted by Crippen LogP contribution is 2.34. The molecule has 0 saturated heterocycles. The molecule has 4 aromatic rings. The van der Waals surface area contributed by atoms with Crippen molar-refractivity contribution in [3.63, 3.8) is 0 Å². The number of aromatic amines is 1. The predicted molar refractivity (Wildman–Crippen MR) is 206 cm³/mol. The summed E-state index contributed by atoms with van der Waals surface area (Å²) in [5, 5.41) is 22.2. The molecule has 1 amide bonds. The van der Waals surface area contributed by atoms with Crippen molar-refractivity contribution in [2.24, 2.45) is 5.16 Å². The molecule has 0 bridgehead atoms. The highest BCUT2D eigenvalue weighted by atomic mass is 16.7. The van der Waals surface area contributed by atoms with Gasteiger partial charge in [-0.3, -0.25) is 4.79 Å². The SMILES string of the molecule is CCCCCCN(CCCCCC)C(=O)C=Cc1ccc(-c2[nH]c(-c3ccc(C4=NOC(C(=O)O)C4)cc3)nc2-c2ccc(OCC(=O)O)cc2)cc1. The third-order valence-electron chi connectivity index (χ3n) is 9.12. The lowest BCUT2D eigenvalue weighted by atomic mass is 10.0. The molecule has 2 heterocycles. The van der Waals surface area contributed by atoms with Crippen LogP contribution in [0.3, 0.4) is 0 Å². The van der Waals surface area contributed by atoms with Crippen LogP contribution < -0.4 is 4.74 Å². The summed E-state index contributed by atoms with van der Waals surface area (Å²) in [5.74, 6) is -1.02. The zero-order valence-electron chi connectivity index (χ0n) is 30.4. The van der Waals surface area contributed by atoms with Crippen molar-refractivity contribution in [1.82, 2.24) is 14.9 Å². The largest absolute Gasteiger partial charge is 0.482 e. The van der Waals surface area contributed by atoms with Gasteiger partial charge in [-0.25, -0.2) is 14.6 Å². The van der Waals surface area contributed by atoms with Gasteiger partial charge >= 0.3 is 11.9 Å². The highest BCUT2D eigenvalue weighted by Gasteiger charge is 2.28. The molecule has 0 aliphatic carbocycles. The molecule has 1 aromatic heterocycles. The van der Waals surface area contributed by atoms with Crippen molar-refractivity contribution >= 4 is 29.6 Å². The van der Waals surface area contributed by atoms with Crippen LogP contribution in [-0.2, 0) is 19.2 Å². The van der Waals surface area contributed by atoms with Crippen molar-refractivity contribution in [3.8, 4) is 39.7 Å². The standard InChI is InChI=1S/C42H48N4O7/c1-3-5-7-9-25-46(26-10-8-6-4-2)37(47)24-13-29-11-14-31(15-12-29)39-40(32-20-22-34(23-21-32)52-28-38(48)49)44-41(43-39)33-18-16-30(17-19-33)35-27-36(42(50)51)53-45-35/h11-24,36H,3-10,25-28H2,1-2H3,(H,43,44)(H,48,49)(H,50,51). The molecule has 1 aliphatic heterocycles. The molecular weight excluding hydrogens is 672 g/mol. The lowest BCUT2D eigenvalue weighted by Crippen LogP contribution is -2.31. The number of imidazole rings is 1. The van der Waals surface area contributed by atoms with Crippen LogP contribution in [0.4, 0.5) is 0 Å². The lowest BCUT2D eigenvalue weighted by molar-refractivity contribution is -0.148. The van der Waals surface area contributed by atoms with Gasteiger partial charge in [0.25, 0.3) is 0 Å². The van der Waals surface area contributed by atoms with E-state index in [9.17, 15) is 19.5 Å². The number of aliphatic carboxylic acids is 2. The smallest absolute Gasteiger partial charge is 0.348 e. The Morgan fingerprint density at radius 2 is 1.42 bits per heavy atom. The molecule has 0 fully saturated rings. The summed E-state index contributed by atoms with van der Waals surface area (Å²) in [6.45, 7) is 5.50. The summed E-state index contributed by atoms with van der Waals surface area (Å²) in [6.07, 6.45) is 11.7. The Kier molecular flexibility index (Phi) is 14.0. The van der Waals surface area contributed by atoms with E-state index in [-0.39, 0.29) is 12.3 Å². The number of unbranched alkanes of at least 4 members (excludes halogenated alkanes) is 6. The van der Waals surface area contributed by atoms with Crippen molar-refractivity contribution in [2.45, 2.75) is 77.7 Å². The second kappa shape index (κ2) is 19.2. The van der Waals surface area contributed by atoms with Gasteiger partial charge in [-0.15, -0.1) is 0 Å². The van der Waals surface area contributed by atoms with Crippen molar-refractivity contribution in [1.29, 1.82) is 0 Å². The van der Waals surface area contributed by atoms with Crippen LogP contribution >= 0.6 is 0 Å². The fourth-order valence-electron chi connectivity index (χ4n) is 6.11. The van der Waals surface area contributed by atoms with E-state index in [1.807, 2.05) is 71.6 Å². The predicted octanol–water partition coefficient (Wildman–Crippen LogP) is 8.45. The van der Waals surface area contributed by atoms with E-state index >= 15 is 0 Å². The van der Waals surface area contributed by atoms with Crippen LogP contribution in [0.1, 0.15) is 82.8 Å². The molecule has 1 aliphatic rings. The zero-order valence-corrected chi connectivity index (χ0v) is 30.4. The van der Waals surface area contributed by atoms with E-state index in [0.29, 0.717) is 23.0 Å². The molecule has 3 aromatic carbocycles. The van der Waals surface area contributed by atoms with Gasteiger partial charge in [0.15, 0.2) is 6.61 Å². The van der Waals surface area contributed by atoms with Crippen LogP contribution in [0.25, 0.3) is 40.0 Å². The average molecular weight is 721 g/mol. The van der Waals surface area contributed by atoms with Crippen LogP contribution in [0.2, 0.25) is 0 Å². The maximum Gasteiger partial charge on any atom is 0.348 e. The highest BCUT2D eigenvalue weighted by molar-refractivity contribution is 6.03. The first kappa shape index (κ1) is 38.5. The number of nitrogens with one attached hydrogen (secondary N) is 1. The molecule has 53 heavy (non-hydrogen) atoms. The maximum absolute atomic E-state index is 13.3. The van der Waals surface area contributed by atoms with Crippen LogP contribution in [0.5, 0.6) is 5.75 Å². The number of amides is 1. The Morgan fingerprint density at radius 1 is 0.811 bits per heavy atom. The molecule has 0 radical (unpaired) electrons. The third-order valence-corrected chi connectivity index (χ3v) is 9.12. The Hall–Kier alpha value is -5.71. The summed E-state index contributed by atoms with van der Waals surface area (Å²) >= 11 is 0. The van der Waals surface area contributed by atoms with Gasteiger partial charge < -0.3 is 29.7 Å². The number of hydrogen-bond donors (Lipinski definition) is 3. The summed E-state index contributed by atoms with van der Waals surface area (Å²) in [4.78, 5) is 51.0. The molecule has 278 valence electrons. The first-order valence-electron chi connectivity index (χ1n) is 18.4. The number of carboxylic acid groups (broad SMARTS) is 2. The van der Waals surface area contributed by atoms with E-state index < -0.39 is 24.6 Å². The lowest BCUT2D eigenvalue weighted by Gasteiger charge is -2.21. The number of nitrogens with zero attached hydrogens (tertiary/aromatic N) is 3. The van der Waals surface area contributed by atoms with E-state index in [1.54, 1.807) is 18.2 Å². The Morgan fingerprint density at radius 3 is 2.00 bits per heavy atom. The Balaban J connectivity index is 1.37. The quantitative estimate of drug-likeness (QED) is 0.0607. The number of H-pyrrole nitrogens is 1. The van der Waals surface area contributed by atoms with Gasteiger partial charge in [0, 0.05) is 42.3 Å². The number of carbonyl (C=O) groups excluding carboxylic acids is 1. The minimum absolute atomic E-state index is 0.0404. The fraction of sp³-hybridized carbons (Fsp3) is 0.357. The van der Waals surface area contributed by atoms with E-state index in [1.165, 1.54) is 12.8 Å². The molecule has 1 atom stereocenters. The van der Waals surface area contributed by atoms with Crippen molar-refractivity contribution < 1.29 is 34.2 Å². The number of aromatic nitrogens is 2.